The molecule has 1 N–H and O–H groups in total. The lowest BCUT2D eigenvalue weighted by Crippen LogP contribution is -2.18. The number of ether oxygens (including phenoxy) is 2. The van der Waals surface area contributed by atoms with Crippen molar-refractivity contribution in [2.45, 2.75) is 20.0 Å². The van der Waals surface area contributed by atoms with Crippen molar-refractivity contribution in [1.82, 2.24) is 5.43 Å². The van der Waals surface area contributed by atoms with Gasteiger partial charge in [-0.05, 0) is 44.2 Å². The van der Waals surface area contributed by atoms with Crippen molar-refractivity contribution in [2.24, 2.45) is 5.10 Å². The monoisotopic (exact) mass is 380 g/mol. The first-order valence-corrected chi connectivity index (χ1v) is 8.30. The highest BCUT2D eigenvalue weighted by Crippen LogP contribution is 2.31. The molecule has 2 aromatic rings. The molecule has 0 heterocycles. The number of hydrazone groups is 1. The van der Waals surface area contributed by atoms with E-state index in [0.717, 1.165) is 0 Å². The van der Waals surface area contributed by atoms with Gasteiger partial charge in [-0.2, -0.15) is 5.10 Å². The summed E-state index contributed by atoms with van der Waals surface area (Å²) < 4.78 is 11.1. The molecular weight excluding hydrogens is 363 g/mol. The van der Waals surface area contributed by atoms with Gasteiger partial charge in [0.05, 0.1) is 30.0 Å². The molecule has 0 saturated heterocycles. The van der Waals surface area contributed by atoms with Crippen LogP contribution in [0.4, 0.5) is 0 Å². The minimum absolute atomic E-state index is 0.0386. The number of para-hydroxylation sites is 1. The molecule has 0 bridgehead atoms. The molecule has 0 radical (unpaired) electrons. The van der Waals surface area contributed by atoms with E-state index in [1.807, 2.05) is 26.0 Å². The predicted octanol–water partition coefficient (Wildman–Crippen LogP) is 4.55. The summed E-state index contributed by atoms with van der Waals surface area (Å²) in [6.07, 6.45) is 1.44. The molecule has 0 saturated carbocycles. The van der Waals surface area contributed by atoms with Gasteiger partial charge >= 0.3 is 0 Å². The summed E-state index contributed by atoms with van der Waals surface area (Å²) in [6.45, 7) is 3.83. The quantitative estimate of drug-likeness (QED) is 0.590. The van der Waals surface area contributed by atoms with Crippen molar-refractivity contribution >= 4 is 35.3 Å². The average Bonchev–Trinajstić information content (AvgIpc) is 2.57. The first-order valence-electron chi connectivity index (χ1n) is 7.54. The molecule has 0 fully saturated rings. The third kappa shape index (κ3) is 5.11. The summed E-state index contributed by atoms with van der Waals surface area (Å²) in [5, 5.41) is 4.68. The van der Waals surface area contributed by atoms with E-state index in [0.29, 0.717) is 27.1 Å². The number of rotatable bonds is 6. The van der Waals surface area contributed by atoms with Crippen LogP contribution in [0.2, 0.25) is 10.0 Å². The van der Waals surface area contributed by atoms with Crippen LogP contribution in [-0.4, -0.2) is 25.3 Å². The third-order valence-corrected chi connectivity index (χ3v) is 3.69. The maximum absolute atomic E-state index is 12.2. The molecule has 0 aliphatic heterocycles. The SMILES string of the molecule is COc1cccc(/C=N\NC(=O)c2cc(Cl)ccc2Cl)c1OC(C)C. The van der Waals surface area contributed by atoms with Crippen LogP contribution in [-0.2, 0) is 0 Å². The van der Waals surface area contributed by atoms with Crippen molar-refractivity contribution in [3.63, 3.8) is 0 Å². The fourth-order valence-electron chi connectivity index (χ4n) is 2.05. The number of nitrogens with one attached hydrogen (secondary N) is 1. The molecule has 132 valence electrons. The molecule has 0 unspecified atom stereocenters. The Hall–Kier alpha value is -2.24. The van der Waals surface area contributed by atoms with Crippen LogP contribution in [0.1, 0.15) is 29.8 Å². The fourth-order valence-corrected chi connectivity index (χ4v) is 2.42. The van der Waals surface area contributed by atoms with Crippen molar-refractivity contribution < 1.29 is 14.3 Å². The van der Waals surface area contributed by atoms with Gasteiger partial charge in [0.25, 0.3) is 5.91 Å². The molecule has 0 aliphatic rings. The van der Waals surface area contributed by atoms with Gasteiger partial charge in [-0.15, -0.1) is 0 Å². The average molecular weight is 381 g/mol. The molecule has 0 spiro atoms. The number of halogens is 2. The van der Waals surface area contributed by atoms with Crippen LogP contribution in [0.3, 0.4) is 0 Å². The predicted molar refractivity (Wildman–Crippen MR) is 100 cm³/mol. The van der Waals surface area contributed by atoms with Crippen LogP contribution >= 0.6 is 23.2 Å². The number of carbonyl (C=O) groups is 1. The minimum Gasteiger partial charge on any atom is -0.493 e. The molecule has 0 atom stereocenters. The Kier molecular flexibility index (Phi) is 6.67. The van der Waals surface area contributed by atoms with Crippen LogP contribution in [0.15, 0.2) is 41.5 Å². The molecule has 1 amide bonds. The van der Waals surface area contributed by atoms with Gasteiger partial charge in [-0.3, -0.25) is 4.79 Å². The Labute approximate surface area is 156 Å². The molecule has 0 aromatic heterocycles. The van der Waals surface area contributed by atoms with Gasteiger partial charge in [0, 0.05) is 10.6 Å². The van der Waals surface area contributed by atoms with Gasteiger partial charge in [0.15, 0.2) is 11.5 Å². The highest BCUT2D eigenvalue weighted by atomic mass is 35.5. The maximum atomic E-state index is 12.2. The zero-order chi connectivity index (χ0) is 18.4. The minimum atomic E-state index is -0.460. The Morgan fingerprint density at radius 3 is 2.68 bits per heavy atom. The second-order valence-electron chi connectivity index (χ2n) is 5.37. The van der Waals surface area contributed by atoms with E-state index in [9.17, 15) is 4.79 Å². The van der Waals surface area contributed by atoms with E-state index in [1.165, 1.54) is 12.3 Å². The fraction of sp³-hybridized carbons (Fsp3) is 0.222. The maximum Gasteiger partial charge on any atom is 0.272 e. The van der Waals surface area contributed by atoms with Crippen LogP contribution in [0, 0.1) is 0 Å². The molecule has 2 rings (SSSR count). The van der Waals surface area contributed by atoms with Gasteiger partial charge in [0.2, 0.25) is 0 Å². The topological polar surface area (TPSA) is 59.9 Å². The third-order valence-electron chi connectivity index (χ3n) is 3.13. The zero-order valence-electron chi connectivity index (χ0n) is 14.0. The first kappa shape index (κ1) is 19.1. The van der Waals surface area contributed by atoms with Gasteiger partial charge in [-0.25, -0.2) is 5.43 Å². The summed E-state index contributed by atoms with van der Waals surface area (Å²) >= 11 is 11.9. The summed E-state index contributed by atoms with van der Waals surface area (Å²) in [4.78, 5) is 12.2. The Balaban J connectivity index is 2.19. The first-order chi connectivity index (χ1) is 11.9. The lowest BCUT2D eigenvalue weighted by molar-refractivity contribution is 0.0955. The zero-order valence-corrected chi connectivity index (χ0v) is 15.6. The number of hydrogen-bond acceptors (Lipinski definition) is 4. The second-order valence-corrected chi connectivity index (χ2v) is 6.21. The Morgan fingerprint density at radius 2 is 2.00 bits per heavy atom. The number of amides is 1. The normalized spacial score (nSPS) is 11.0. The highest BCUT2D eigenvalue weighted by molar-refractivity contribution is 6.35. The Bertz CT molecular complexity index is 792. The molecule has 5 nitrogen and oxygen atoms in total. The molecular formula is C18H18Cl2N2O3. The van der Waals surface area contributed by atoms with E-state index in [1.54, 1.807) is 25.3 Å². The highest BCUT2D eigenvalue weighted by Gasteiger charge is 2.12. The summed E-state index contributed by atoms with van der Waals surface area (Å²) in [5.41, 5.74) is 3.34. The second kappa shape index (κ2) is 8.74. The lowest BCUT2D eigenvalue weighted by Gasteiger charge is -2.15. The molecule has 25 heavy (non-hydrogen) atoms. The van der Waals surface area contributed by atoms with Crippen molar-refractivity contribution in [2.75, 3.05) is 7.11 Å². The molecule has 7 heteroatoms. The number of nitrogens with zero attached hydrogens (tertiary/aromatic N) is 1. The van der Waals surface area contributed by atoms with Gasteiger partial charge in [0.1, 0.15) is 0 Å². The smallest absolute Gasteiger partial charge is 0.272 e. The van der Waals surface area contributed by atoms with E-state index in [2.05, 4.69) is 10.5 Å². The van der Waals surface area contributed by atoms with Gasteiger partial charge < -0.3 is 9.47 Å². The number of hydrogen-bond donors (Lipinski definition) is 1. The largest absolute Gasteiger partial charge is 0.493 e. The summed E-state index contributed by atoms with van der Waals surface area (Å²) in [6, 6.07) is 10.0. The number of carbonyl (C=O) groups excluding carboxylic acids is 1. The van der Waals surface area contributed by atoms with Crippen molar-refractivity contribution in [1.29, 1.82) is 0 Å². The van der Waals surface area contributed by atoms with E-state index >= 15 is 0 Å². The van der Waals surface area contributed by atoms with E-state index < -0.39 is 5.91 Å². The summed E-state index contributed by atoms with van der Waals surface area (Å²) in [5.74, 6) is 0.679. The number of methoxy groups -OCH3 is 1. The lowest BCUT2D eigenvalue weighted by atomic mass is 10.2. The van der Waals surface area contributed by atoms with Crippen LogP contribution < -0.4 is 14.9 Å². The van der Waals surface area contributed by atoms with Crippen LogP contribution in [0.25, 0.3) is 0 Å². The van der Waals surface area contributed by atoms with Gasteiger partial charge in [-0.1, -0.05) is 29.3 Å². The summed E-state index contributed by atoms with van der Waals surface area (Å²) in [7, 11) is 1.56. The van der Waals surface area contributed by atoms with E-state index in [-0.39, 0.29) is 11.7 Å². The van der Waals surface area contributed by atoms with Crippen LogP contribution in [0.5, 0.6) is 11.5 Å². The van der Waals surface area contributed by atoms with E-state index in [4.69, 9.17) is 32.7 Å². The van der Waals surface area contributed by atoms with Crippen molar-refractivity contribution in [3.8, 4) is 11.5 Å². The number of benzene rings is 2. The Morgan fingerprint density at radius 1 is 1.24 bits per heavy atom. The molecule has 0 aliphatic carbocycles. The van der Waals surface area contributed by atoms with Crippen molar-refractivity contribution in [3.05, 3.63) is 57.6 Å². The standard InChI is InChI=1S/C18H18Cl2N2O3/c1-11(2)25-17-12(5-4-6-16(17)24-3)10-21-22-18(23)14-9-13(19)7-8-15(14)20/h4-11H,1-3H3,(H,22,23)/b21-10-. The molecule has 2 aromatic carbocycles.